The molecule has 1 aromatic heterocycles. The normalized spacial score (nSPS) is 33.2. The van der Waals surface area contributed by atoms with Crippen molar-refractivity contribution in [3.8, 4) is 0 Å². The van der Waals surface area contributed by atoms with Crippen molar-refractivity contribution in [1.82, 2.24) is 4.98 Å². The minimum atomic E-state index is 0.602. The Bertz CT molecular complexity index is 393. The third-order valence-electron chi connectivity index (χ3n) is 4.57. The fourth-order valence-corrected chi connectivity index (χ4v) is 4.46. The van der Waals surface area contributed by atoms with Crippen molar-refractivity contribution in [3.05, 3.63) is 16.1 Å². The van der Waals surface area contributed by atoms with Gasteiger partial charge in [0.25, 0.3) is 0 Å². The van der Waals surface area contributed by atoms with E-state index in [1.54, 1.807) is 0 Å². The van der Waals surface area contributed by atoms with Crippen LogP contribution in [0.3, 0.4) is 0 Å². The second-order valence-electron chi connectivity index (χ2n) is 6.39. The van der Waals surface area contributed by atoms with Crippen LogP contribution in [0.15, 0.2) is 5.38 Å². The number of nitrogens with zero attached hydrogens (tertiary/aromatic N) is 1. The Balaban J connectivity index is 1.68. The minimum absolute atomic E-state index is 0.602. The zero-order valence-corrected chi connectivity index (χ0v) is 11.9. The summed E-state index contributed by atoms with van der Waals surface area (Å²) in [5.74, 6) is 1.59. The van der Waals surface area contributed by atoms with Crippen molar-refractivity contribution < 1.29 is 0 Å². The number of hydrogen-bond acceptors (Lipinski definition) is 2. The molecule has 2 unspecified atom stereocenters. The van der Waals surface area contributed by atoms with Crippen molar-refractivity contribution in [2.24, 2.45) is 5.41 Å². The zero-order valence-electron chi connectivity index (χ0n) is 11.0. The van der Waals surface area contributed by atoms with Crippen LogP contribution in [0.25, 0.3) is 0 Å². The molecule has 0 spiro atoms. The van der Waals surface area contributed by atoms with E-state index in [1.165, 1.54) is 55.6 Å². The highest BCUT2D eigenvalue weighted by Crippen LogP contribution is 2.50. The molecule has 2 aliphatic rings. The van der Waals surface area contributed by atoms with E-state index in [4.69, 9.17) is 4.98 Å². The fraction of sp³-hybridized carbons (Fsp3) is 0.800. The Labute approximate surface area is 109 Å². The van der Waals surface area contributed by atoms with Gasteiger partial charge >= 0.3 is 0 Å². The largest absolute Gasteiger partial charge is 0.246 e. The molecule has 17 heavy (non-hydrogen) atoms. The summed E-state index contributed by atoms with van der Waals surface area (Å²) >= 11 is 1.92. The molecule has 94 valence electrons. The first-order valence-electron chi connectivity index (χ1n) is 7.15. The Morgan fingerprint density at radius 2 is 2.18 bits per heavy atom. The first kappa shape index (κ1) is 11.7. The molecule has 0 saturated heterocycles. The van der Waals surface area contributed by atoms with Gasteiger partial charge in [0.15, 0.2) is 0 Å². The summed E-state index contributed by atoms with van der Waals surface area (Å²) in [5.41, 5.74) is 2.00. The summed E-state index contributed by atoms with van der Waals surface area (Å²) in [6.45, 7) is 4.79. The molecule has 2 atom stereocenters. The maximum absolute atomic E-state index is 4.90. The minimum Gasteiger partial charge on any atom is -0.246 e. The van der Waals surface area contributed by atoms with Crippen LogP contribution in [0, 0.1) is 5.41 Å². The Morgan fingerprint density at radius 3 is 2.88 bits per heavy atom. The van der Waals surface area contributed by atoms with E-state index < -0.39 is 0 Å². The average molecular weight is 249 g/mol. The highest BCUT2D eigenvalue weighted by molar-refractivity contribution is 7.09. The Hall–Kier alpha value is -0.370. The maximum Gasteiger partial charge on any atom is 0.0959 e. The summed E-state index contributed by atoms with van der Waals surface area (Å²) in [5, 5.41) is 3.76. The SMILES string of the molecule is CCCC1(C)CCC(c2nc(C3CC3)cs2)C1. The topological polar surface area (TPSA) is 12.9 Å². The monoisotopic (exact) mass is 249 g/mol. The van der Waals surface area contributed by atoms with Crippen molar-refractivity contribution in [3.63, 3.8) is 0 Å². The Kier molecular flexibility index (Phi) is 3.02. The van der Waals surface area contributed by atoms with Crippen molar-refractivity contribution in [1.29, 1.82) is 0 Å². The van der Waals surface area contributed by atoms with Crippen LogP contribution in [0.1, 0.15) is 81.3 Å². The lowest BCUT2D eigenvalue weighted by atomic mass is 9.83. The van der Waals surface area contributed by atoms with E-state index in [0.717, 1.165) is 11.8 Å². The van der Waals surface area contributed by atoms with Crippen molar-refractivity contribution in [2.75, 3.05) is 0 Å². The second-order valence-corrected chi connectivity index (χ2v) is 7.27. The van der Waals surface area contributed by atoms with Crippen LogP contribution in [0.4, 0.5) is 0 Å². The molecule has 0 aliphatic heterocycles. The predicted molar refractivity (Wildman–Crippen MR) is 73.7 cm³/mol. The van der Waals surface area contributed by atoms with E-state index in [0.29, 0.717) is 5.41 Å². The smallest absolute Gasteiger partial charge is 0.0959 e. The van der Waals surface area contributed by atoms with E-state index in [-0.39, 0.29) is 0 Å². The lowest BCUT2D eigenvalue weighted by molar-refractivity contribution is 0.300. The molecular weight excluding hydrogens is 226 g/mol. The molecule has 2 heteroatoms. The summed E-state index contributed by atoms with van der Waals surface area (Å²) in [4.78, 5) is 4.90. The maximum atomic E-state index is 4.90. The highest BCUT2D eigenvalue weighted by Gasteiger charge is 2.36. The standard InChI is InChI=1S/C15H23NS/c1-3-7-15(2)8-6-12(9-15)14-16-13(10-17-14)11-4-5-11/h10-12H,3-9H2,1-2H3. The summed E-state index contributed by atoms with van der Waals surface area (Å²) in [6, 6.07) is 0. The van der Waals surface area contributed by atoms with E-state index >= 15 is 0 Å². The first-order chi connectivity index (χ1) is 8.20. The fourth-order valence-electron chi connectivity index (χ4n) is 3.42. The summed E-state index contributed by atoms with van der Waals surface area (Å²) < 4.78 is 0. The van der Waals surface area contributed by atoms with Crippen molar-refractivity contribution in [2.45, 2.75) is 70.6 Å². The van der Waals surface area contributed by atoms with Gasteiger partial charge in [-0.25, -0.2) is 4.98 Å². The van der Waals surface area contributed by atoms with Gasteiger partial charge in [-0.15, -0.1) is 11.3 Å². The van der Waals surface area contributed by atoms with E-state index in [9.17, 15) is 0 Å². The summed E-state index contributed by atoms with van der Waals surface area (Å²) in [6.07, 6.45) is 9.62. The van der Waals surface area contributed by atoms with Gasteiger partial charge in [-0.05, 0) is 43.9 Å². The molecule has 2 fully saturated rings. The van der Waals surface area contributed by atoms with Gasteiger partial charge in [0.1, 0.15) is 0 Å². The van der Waals surface area contributed by atoms with Gasteiger partial charge in [-0.2, -0.15) is 0 Å². The molecule has 2 aliphatic carbocycles. The lowest BCUT2D eigenvalue weighted by Crippen LogP contribution is -2.10. The molecule has 1 nitrogen and oxygen atoms in total. The predicted octanol–water partition coefficient (Wildman–Crippen LogP) is 5.09. The molecule has 0 aromatic carbocycles. The number of rotatable bonds is 4. The molecule has 1 heterocycles. The second kappa shape index (κ2) is 4.38. The molecule has 0 amide bonds. The van der Waals surface area contributed by atoms with Gasteiger partial charge in [-0.1, -0.05) is 20.3 Å². The van der Waals surface area contributed by atoms with Crippen LogP contribution in [-0.4, -0.2) is 4.98 Å². The third kappa shape index (κ3) is 2.42. The van der Waals surface area contributed by atoms with Crippen LogP contribution in [0.5, 0.6) is 0 Å². The van der Waals surface area contributed by atoms with Gasteiger partial charge in [0.05, 0.1) is 10.7 Å². The quantitative estimate of drug-likeness (QED) is 0.724. The molecular formula is C15H23NS. The molecule has 0 N–H and O–H groups in total. The average Bonchev–Trinajstić information content (AvgIpc) is 2.90. The van der Waals surface area contributed by atoms with Gasteiger partial charge in [-0.3, -0.25) is 0 Å². The third-order valence-corrected chi connectivity index (χ3v) is 5.60. The van der Waals surface area contributed by atoms with Crippen LogP contribution < -0.4 is 0 Å². The first-order valence-corrected chi connectivity index (χ1v) is 8.03. The van der Waals surface area contributed by atoms with E-state index in [2.05, 4.69) is 19.2 Å². The van der Waals surface area contributed by atoms with E-state index in [1.807, 2.05) is 11.3 Å². The van der Waals surface area contributed by atoms with Crippen LogP contribution in [0.2, 0.25) is 0 Å². The van der Waals surface area contributed by atoms with Gasteiger partial charge < -0.3 is 0 Å². The van der Waals surface area contributed by atoms with Gasteiger partial charge in [0, 0.05) is 17.2 Å². The molecule has 1 aromatic rings. The van der Waals surface area contributed by atoms with Crippen LogP contribution >= 0.6 is 11.3 Å². The van der Waals surface area contributed by atoms with Crippen molar-refractivity contribution >= 4 is 11.3 Å². The molecule has 0 bridgehead atoms. The number of hydrogen-bond donors (Lipinski definition) is 0. The highest BCUT2D eigenvalue weighted by atomic mass is 32.1. The zero-order chi connectivity index (χ0) is 11.9. The number of aromatic nitrogens is 1. The number of thiazole rings is 1. The lowest BCUT2D eigenvalue weighted by Gasteiger charge is -2.22. The summed E-state index contributed by atoms with van der Waals surface area (Å²) in [7, 11) is 0. The Morgan fingerprint density at radius 1 is 1.35 bits per heavy atom. The molecule has 0 radical (unpaired) electrons. The van der Waals surface area contributed by atoms with Gasteiger partial charge in [0.2, 0.25) is 0 Å². The molecule has 2 saturated carbocycles. The molecule has 3 rings (SSSR count). The van der Waals surface area contributed by atoms with Crippen LogP contribution in [-0.2, 0) is 0 Å².